The number of aldehydes is 1. The summed E-state index contributed by atoms with van der Waals surface area (Å²) in [5.41, 5.74) is 0. The van der Waals surface area contributed by atoms with Crippen LogP contribution in [-0.4, -0.2) is 6.29 Å². The maximum atomic E-state index is 11.1. The van der Waals surface area contributed by atoms with Crippen molar-refractivity contribution < 1.29 is 4.79 Å². The molecule has 0 saturated carbocycles. The lowest BCUT2D eigenvalue weighted by molar-refractivity contribution is -0.111. The van der Waals surface area contributed by atoms with E-state index in [1.807, 2.05) is 0 Å². The summed E-state index contributed by atoms with van der Waals surface area (Å²) < 4.78 is 0. The third kappa shape index (κ3) is 15.4. The SMILES string of the molecule is CCCCCCCCC(C=O)CCCCCCCCC#N. The van der Waals surface area contributed by atoms with Crippen LogP contribution in [0.2, 0.25) is 0 Å². The molecule has 2 heteroatoms. The maximum absolute atomic E-state index is 11.1. The Morgan fingerprint density at radius 3 is 1.76 bits per heavy atom. The Hall–Kier alpha value is -0.840. The Morgan fingerprint density at radius 2 is 1.29 bits per heavy atom. The van der Waals surface area contributed by atoms with Crippen LogP contribution in [0.15, 0.2) is 0 Å². The first-order valence-electron chi connectivity index (χ1n) is 9.17. The van der Waals surface area contributed by atoms with Gasteiger partial charge in [0.05, 0.1) is 6.07 Å². The highest BCUT2D eigenvalue weighted by Gasteiger charge is 2.06. The summed E-state index contributed by atoms with van der Waals surface area (Å²) in [6.07, 6.45) is 19.1. The van der Waals surface area contributed by atoms with E-state index in [1.54, 1.807) is 0 Å². The summed E-state index contributed by atoms with van der Waals surface area (Å²) in [4.78, 5) is 11.1. The Labute approximate surface area is 132 Å². The second kappa shape index (κ2) is 17.2. The van der Waals surface area contributed by atoms with Crippen LogP contribution in [0.4, 0.5) is 0 Å². The van der Waals surface area contributed by atoms with Crippen LogP contribution < -0.4 is 0 Å². The van der Waals surface area contributed by atoms with Crippen molar-refractivity contribution in [3.05, 3.63) is 0 Å². The summed E-state index contributed by atoms with van der Waals surface area (Å²) in [5, 5.41) is 8.44. The van der Waals surface area contributed by atoms with E-state index in [1.165, 1.54) is 76.9 Å². The lowest BCUT2D eigenvalue weighted by atomic mass is 9.95. The van der Waals surface area contributed by atoms with Crippen LogP contribution in [0.3, 0.4) is 0 Å². The van der Waals surface area contributed by atoms with Crippen molar-refractivity contribution in [2.75, 3.05) is 0 Å². The zero-order chi connectivity index (χ0) is 15.6. The second-order valence-electron chi connectivity index (χ2n) is 6.27. The topological polar surface area (TPSA) is 40.9 Å². The minimum atomic E-state index is 0.301. The zero-order valence-corrected chi connectivity index (χ0v) is 14.1. The molecular weight excluding hydrogens is 258 g/mol. The number of unbranched alkanes of at least 4 members (excludes halogenated alkanes) is 11. The fraction of sp³-hybridized carbons (Fsp3) is 0.895. The molecule has 0 bridgehead atoms. The van der Waals surface area contributed by atoms with Gasteiger partial charge >= 0.3 is 0 Å². The van der Waals surface area contributed by atoms with Crippen LogP contribution in [0.5, 0.6) is 0 Å². The predicted molar refractivity (Wildman–Crippen MR) is 90.1 cm³/mol. The molecule has 1 unspecified atom stereocenters. The molecule has 0 aliphatic rings. The van der Waals surface area contributed by atoms with Gasteiger partial charge in [-0.2, -0.15) is 5.26 Å². The van der Waals surface area contributed by atoms with Crippen molar-refractivity contribution in [2.45, 2.75) is 103 Å². The number of carbonyl (C=O) groups excluding carboxylic acids is 1. The van der Waals surface area contributed by atoms with Gasteiger partial charge < -0.3 is 4.79 Å². The molecule has 0 aromatic rings. The summed E-state index contributed by atoms with van der Waals surface area (Å²) in [7, 11) is 0. The summed E-state index contributed by atoms with van der Waals surface area (Å²) in [6.45, 7) is 2.24. The molecular formula is C19H35NO. The van der Waals surface area contributed by atoms with Crippen molar-refractivity contribution in [1.82, 2.24) is 0 Å². The largest absolute Gasteiger partial charge is 0.303 e. The van der Waals surface area contributed by atoms with E-state index < -0.39 is 0 Å². The Morgan fingerprint density at radius 1 is 0.810 bits per heavy atom. The van der Waals surface area contributed by atoms with Gasteiger partial charge in [0.25, 0.3) is 0 Å². The smallest absolute Gasteiger partial charge is 0.123 e. The summed E-state index contributed by atoms with van der Waals surface area (Å²) >= 11 is 0. The van der Waals surface area contributed by atoms with E-state index in [0.717, 1.165) is 19.3 Å². The van der Waals surface area contributed by atoms with Crippen molar-refractivity contribution >= 4 is 6.29 Å². The van der Waals surface area contributed by atoms with Crippen LogP contribution in [-0.2, 0) is 4.79 Å². The highest BCUT2D eigenvalue weighted by Crippen LogP contribution is 2.17. The normalized spacial score (nSPS) is 12.0. The first-order chi connectivity index (χ1) is 10.3. The van der Waals surface area contributed by atoms with Gasteiger partial charge in [-0.05, 0) is 19.3 Å². The van der Waals surface area contributed by atoms with Gasteiger partial charge in [-0.25, -0.2) is 0 Å². The molecule has 0 heterocycles. The van der Waals surface area contributed by atoms with Crippen LogP contribution in [0.1, 0.15) is 103 Å². The van der Waals surface area contributed by atoms with Gasteiger partial charge in [-0.1, -0.05) is 77.6 Å². The molecule has 1 atom stereocenters. The Kier molecular flexibility index (Phi) is 16.5. The minimum absolute atomic E-state index is 0.301. The molecule has 0 amide bonds. The zero-order valence-electron chi connectivity index (χ0n) is 14.1. The third-order valence-electron chi connectivity index (χ3n) is 4.23. The van der Waals surface area contributed by atoms with E-state index in [4.69, 9.17) is 5.26 Å². The van der Waals surface area contributed by atoms with E-state index in [2.05, 4.69) is 13.0 Å². The molecule has 0 fully saturated rings. The van der Waals surface area contributed by atoms with Crippen LogP contribution >= 0.6 is 0 Å². The molecule has 0 rings (SSSR count). The molecule has 0 radical (unpaired) electrons. The Balaban J connectivity index is 3.33. The van der Waals surface area contributed by atoms with Crippen molar-refractivity contribution in [3.8, 4) is 6.07 Å². The highest BCUT2D eigenvalue weighted by molar-refractivity contribution is 5.53. The minimum Gasteiger partial charge on any atom is -0.303 e. The van der Waals surface area contributed by atoms with Crippen molar-refractivity contribution in [3.63, 3.8) is 0 Å². The number of carbonyl (C=O) groups is 1. The highest BCUT2D eigenvalue weighted by atomic mass is 16.1. The number of hydrogen-bond donors (Lipinski definition) is 0. The average molecular weight is 293 g/mol. The van der Waals surface area contributed by atoms with Gasteiger partial charge in [0, 0.05) is 12.3 Å². The summed E-state index contributed by atoms with van der Waals surface area (Å²) in [5.74, 6) is 0.301. The molecule has 2 nitrogen and oxygen atoms in total. The number of hydrogen-bond acceptors (Lipinski definition) is 2. The maximum Gasteiger partial charge on any atom is 0.123 e. The monoisotopic (exact) mass is 293 g/mol. The van der Waals surface area contributed by atoms with Crippen molar-refractivity contribution in [1.29, 1.82) is 5.26 Å². The number of rotatable bonds is 16. The van der Waals surface area contributed by atoms with E-state index in [-0.39, 0.29) is 0 Å². The first-order valence-corrected chi connectivity index (χ1v) is 9.17. The lowest BCUT2D eigenvalue weighted by Gasteiger charge is -2.10. The molecule has 0 aliphatic carbocycles. The predicted octanol–water partition coefficient (Wildman–Crippen LogP) is 6.20. The standard InChI is InChI=1S/C19H35NO/c1-2-3-4-5-9-12-15-19(18-21)16-13-10-7-6-8-11-14-17-20/h18-19H,2-16H2,1H3. The first kappa shape index (κ1) is 20.2. The molecule has 0 saturated heterocycles. The van der Waals surface area contributed by atoms with E-state index >= 15 is 0 Å². The molecule has 21 heavy (non-hydrogen) atoms. The van der Waals surface area contributed by atoms with Gasteiger partial charge in [0.1, 0.15) is 6.29 Å². The van der Waals surface area contributed by atoms with E-state index in [9.17, 15) is 4.79 Å². The molecule has 122 valence electrons. The summed E-state index contributed by atoms with van der Waals surface area (Å²) in [6, 6.07) is 2.19. The fourth-order valence-electron chi connectivity index (χ4n) is 2.78. The number of nitrogens with zero attached hydrogens (tertiary/aromatic N) is 1. The molecule has 0 aliphatic heterocycles. The van der Waals surface area contributed by atoms with Crippen LogP contribution in [0, 0.1) is 17.2 Å². The van der Waals surface area contributed by atoms with Gasteiger partial charge in [-0.3, -0.25) is 0 Å². The lowest BCUT2D eigenvalue weighted by Crippen LogP contribution is -2.02. The van der Waals surface area contributed by atoms with Gasteiger partial charge in [-0.15, -0.1) is 0 Å². The van der Waals surface area contributed by atoms with Gasteiger partial charge in [0.15, 0.2) is 0 Å². The fourth-order valence-corrected chi connectivity index (χ4v) is 2.78. The van der Waals surface area contributed by atoms with Gasteiger partial charge in [0.2, 0.25) is 0 Å². The third-order valence-corrected chi connectivity index (χ3v) is 4.23. The molecule has 0 aromatic heterocycles. The molecule has 0 aromatic carbocycles. The molecule has 0 N–H and O–H groups in total. The second-order valence-corrected chi connectivity index (χ2v) is 6.27. The van der Waals surface area contributed by atoms with Crippen LogP contribution in [0.25, 0.3) is 0 Å². The quantitative estimate of drug-likeness (QED) is 0.251. The van der Waals surface area contributed by atoms with E-state index in [0.29, 0.717) is 12.3 Å². The van der Waals surface area contributed by atoms with Crippen molar-refractivity contribution in [2.24, 2.45) is 5.92 Å². The molecule has 0 spiro atoms. The average Bonchev–Trinajstić information content (AvgIpc) is 2.51. The Bertz CT molecular complexity index is 257. The number of nitriles is 1.